The summed E-state index contributed by atoms with van der Waals surface area (Å²) >= 11 is 3.30. The van der Waals surface area contributed by atoms with Gasteiger partial charge in [-0.2, -0.15) is 5.10 Å². The van der Waals surface area contributed by atoms with Gasteiger partial charge >= 0.3 is 0 Å². The molecule has 0 aromatic carbocycles. The van der Waals surface area contributed by atoms with E-state index >= 15 is 0 Å². The van der Waals surface area contributed by atoms with Crippen LogP contribution in [0.4, 0.5) is 0 Å². The van der Waals surface area contributed by atoms with Crippen LogP contribution in [-0.2, 0) is 5.54 Å². The summed E-state index contributed by atoms with van der Waals surface area (Å²) < 4.78 is 2.07. The van der Waals surface area contributed by atoms with E-state index in [1.54, 1.807) is 0 Å². The highest BCUT2D eigenvalue weighted by atomic mass is 79.9. The molecule has 0 amide bonds. The summed E-state index contributed by atoms with van der Waals surface area (Å²) in [6.45, 7) is 10.6. The standard InChI is InChI=1S/C11H17BrN2/c1-8-10(6-7-12)9(2)14(13-8)11(3,4)5/h6-7H,1-5H3/b7-6+. The third-order valence-corrected chi connectivity index (χ3v) is 2.48. The van der Waals surface area contributed by atoms with E-state index in [-0.39, 0.29) is 5.54 Å². The van der Waals surface area contributed by atoms with E-state index in [1.165, 1.54) is 11.3 Å². The maximum absolute atomic E-state index is 4.54. The fourth-order valence-corrected chi connectivity index (χ4v) is 1.88. The van der Waals surface area contributed by atoms with E-state index in [4.69, 9.17) is 0 Å². The van der Waals surface area contributed by atoms with Gasteiger partial charge in [-0.05, 0) is 45.7 Å². The second kappa shape index (κ2) is 3.89. The van der Waals surface area contributed by atoms with Gasteiger partial charge in [0.1, 0.15) is 0 Å². The largest absolute Gasteiger partial charge is 0.264 e. The van der Waals surface area contributed by atoms with Crippen molar-refractivity contribution in [3.63, 3.8) is 0 Å². The van der Waals surface area contributed by atoms with Gasteiger partial charge in [0.2, 0.25) is 0 Å². The van der Waals surface area contributed by atoms with Gasteiger partial charge in [-0.15, -0.1) is 0 Å². The van der Waals surface area contributed by atoms with E-state index in [0.717, 1.165) is 5.69 Å². The van der Waals surface area contributed by atoms with Gasteiger partial charge in [0.15, 0.2) is 0 Å². The minimum absolute atomic E-state index is 0.0489. The first-order valence-electron chi connectivity index (χ1n) is 4.71. The molecule has 1 aromatic rings. The molecule has 1 heterocycles. The molecule has 0 aliphatic carbocycles. The van der Waals surface area contributed by atoms with Crippen molar-refractivity contribution in [1.29, 1.82) is 0 Å². The van der Waals surface area contributed by atoms with E-state index in [1.807, 2.05) is 18.0 Å². The number of hydrogen-bond acceptors (Lipinski definition) is 1. The van der Waals surface area contributed by atoms with Crippen molar-refractivity contribution >= 4 is 22.0 Å². The third kappa shape index (κ3) is 2.08. The van der Waals surface area contributed by atoms with Gasteiger partial charge in [-0.25, -0.2) is 0 Å². The number of rotatable bonds is 1. The summed E-state index contributed by atoms with van der Waals surface area (Å²) in [5.74, 6) is 0. The molecule has 2 nitrogen and oxygen atoms in total. The molecule has 0 aliphatic rings. The van der Waals surface area contributed by atoms with E-state index < -0.39 is 0 Å². The van der Waals surface area contributed by atoms with E-state index in [2.05, 4.69) is 53.4 Å². The lowest BCUT2D eigenvalue weighted by atomic mass is 10.1. The molecule has 3 heteroatoms. The molecule has 1 aromatic heterocycles. The van der Waals surface area contributed by atoms with Crippen molar-refractivity contribution in [3.05, 3.63) is 21.9 Å². The van der Waals surface area contributed by atoms with Gasteiger partial charge in [0.25, 0.3) is 0 Å². The first-order valence-corrected chi connectivity index (χ1v) is 5.63. The second-order valence-corrected chi connectivity index (χ2v) is 4.99. The summed E-state index contributed by atoms with van der Waals surface area (Å²) in [6.07, 6.45) is 2.04. The Morgan fingerprint density at radius 3 is 2.21 bits per heavy atom. The Hall–Kier alpha value is -0.570. The molecule has 0 N–H and O–H groups in total. The van der Waals surface area contributed by atoms with Crippen molar-refractivity contribution in [2.24, 2.45) is 0 Å². The molecular formula is C11H17BrN2. The van der Waals surface area contributed by atoms with Crippen LogP contribution in [0.25, 0.3) is 6.08 Å². The lowest BCUT2D eigenvalue weighted by molar-refractivity contribution is 0.346. The molecule has 0 aliphatic heterocycles. The van der Waals surface area contributed by atoms with E-state index in [9.17, 15) is 0 Å². The van der Waals surface area contributed by atoms with Crippen LogP contribution < -0.4 is 0 Å². The zero-order valence-electron chi connectivity index (χ0n) is 9.43. The fraction of sp³-hybridized carbons (Fsp3) is 0.545. The lowest BCUT2D eigenvalue weighted by Gasteiger charge is -2.21. The monoisotopic (exact) mass is 256 g/mol. The summed E-state index contributed by atoms with van der Waals surface area (Å²) in [7, 11) is 0. The van der Waals surface area contributed by atoms with Crippen molar-refractivity contribution in [1.82, 2.24) is 9.78 Å². The normalized spacial score (nSPS) is 12.7. The maximum atomic E-state index is 4.54. The molecule has 0 radical (unpaired) electrons. The van der Waals surface area contributed by atoms with Crippen LogP contribution in [0.2, 0.25) is 0 Å². The second-order valence-electron chi connectivity index (χ2n) is 4.46. The number of halogens is 1. The molecule has 0 atom stereocenters. The summed E-state index contributed by atoms with van der Waals surface area (Å²) in [6, 6.07) is 0. The van der Waals surface area contributed by atoms with Crippen molar-refractivity contribution in [2.75, 3.05) is 0 Å². The van der Waals surface area contributed by atoms with Gasteiger partial charge in [-0.1, -0.05) is 15.9 Å². The molecule has 0 unspecified atom stereocenters. The predicted octanol–water partition coefficient (Wildman–Crippen LogP) is 3.62. The number of aromatic nitrogens is 2. The Morgan fingerprint density at radius 1 is 1.29 bits per heavy atom. The Morgan fingerprint density at radius 2 is 1.86 bits per heavy atom. The molecule has 0 saturated carbocycles. The molecule has 1 rings (SSSR count). The number of nitrogens with zero attached hydrogens (tertiary/aromatic N) is 2. The van der Waals surface area contributed by atoms with Gasteiger partial charge in [0, 0.05) is 11.3 Å². The molecule has 14 heavy (non-hydrogen) atoms. The summed E-state index contributed by atoms with van der Waals surface area (Å²) in [4.78, 5) is 1.87. The number of aryl methyl sites for hydroxylation is 1. The molecule has 78 valence electrons. The summed E-state index contributed by atoms with van der Waals surface area (Å²) in [5, 5.41) is 4.54. The quantitative estimate of drug-likeness (QED) is 0.751. The average Bonchev–Trinajstić information content (AvgIpc) is 2.31. The van der Waals surface area contributed by atoms with Crippen molar-refractivity contribution in [2.45, 2.75) is 40.2 Å². The highest BCUT2D eigenvalue weighted by Gasteiger charge is 2.19. The predicted molar refractivity (Wildman–Crippen MR) is 64.7 cm³/mol. The molecule has 0 saturated heterocycles. The van der Waals surface area contributed by atoms with Crippen LogP contribution in [0.15, 0.2) is 4.99 Å². The van der Waals surface area contributed by atoms with Crippen LogP contribution in [0.1, 0.15) is 37.7 Å². The lowest BCUT2D eigenvalue weighted by Crippen LogP contribution is -2.24. The zero-order chi connectivity index (χ0) is 10.9. The van der Waals surface area contributed by atoms with Crippen molar-refractivity contribution in [3.8, 4) is 0 Å². The van der Waals surface area contributed by atoms with Crippen LogP contribution in [-0.4, -0.2) is 9.78 Å². The highest BCUT2D eigenvalue weighted by Crippen LogP contribution is 2.22. The average molecular weight is 257 g/mol. The summed E-state index contributed by atoms with van der Waals surface area (Å²) in [5.41, 5.74) is 3.54. The minimum Gasteiger partial charge on any atom is -0.264 e. The third-order valence-electron chi connectivity index (χ3n) is 2.21. The van der Waals surface area contributed by atoms with Crippen molar-refractivity contribution < 1.29 is 0 Å². The molecule has 0 spiro atoms. The van der Waals surface area contributed by atoms with Crippen LogP contribution in [0.5, 0.6) is 0 Å². The first-order chi connectivity index (χ1) is 6.38. The SMILES string of the molecule is Cc1nn(C(C)(C)C)c(C)c1/C=C/Br. The molecule has 0 bridgehead atoms. The minimum atomic E-state index is 0.0489. The molecule has 0 fully saturated rings. The number of hydrogen-bond donors (Lipinski definition) is 0. The van der Waals surface area contributed by atoms with Crippen LogP contribution in [0.3, 0.4) is 0 Å². The molecular weight excluding hydrogens is 240 g/mol. The van der Waals surface area contributed by atoms with Gasteiger partial charge < -0.3 is 0 Å². The van der Waals surface area contributed by atoms with Gasteiger partial charge in [-0.3, -0.25) is 4.68 Å². The Labute approximate surface area is 94.1 Å². The Kier molecular flexibility index (Phi) is 3.20. The van der Waals surface area contributed by atoms with Crippen LogP contribution >= 0.6 is 15.9 Å². The Balaban J connectivity index is 3.31. The van der Waals surface area contributed by atoms with Gasteiger partial charge in [0.05, 0.1) is 11.2 Å². The fourth-order valence-electron chi connectivity index (χ4n) is 1.61. The first kappa shape index (κ1) is 11.5. The smallest absolute Gasteiger partial charge is 0.0669 e. The van der Waals surface area contributed by atoms with Crippen LogP contribution in [0, 0.1) is 13.8 Å². The maximum Gasteiger partial charge on any atom is 0.0669 e. The topological polar surface area (TPSA) is 17.8 Å². The zero-order valence-corrected chi connectivity index (χ0v) is 11.0. The Bertz CT molecular complexity index is 356. The van der Waals surface area contributed by atoms with E-state index in [0.29, 0.717) is 0 Å². The highest BCUT2D eigenvalue weighted by molar-refractivity contribution is 9.11.